The fourth-order valence-electron chi connectivity index (χ4n) is 2.66. The van der Waals surface area contributed by atoms with Gasteiger partial charge in [0, 0.05) is 17.1 Å². The molecule has 1 aliphatic heterocycles. The average Bonchev–Trinajstić information content (AvgIpc) is 3.30. The van der Waals surface area contributed by atoms with Crippen LogP contribution in [0.5, 0.6) is 0 Å². The van der Waals surface area contributed by atoms with Crippen LogP contribution in [0.4, 0.5) is 0 Å². The lowest BCUT2D eigenvalue weighted by molar-refractivity contribution is -0.0246. The highest BCUT2D eigenvalue weighted by molar-refractivity contribution is 6.02. The summed E-state index contributed by atoms with van der Waals surface area (Å²) in [6.07, 6.45) is 4.46. The second-order valence-electron chi connectivity index (χ2n) is 5.28. The van der Waals surface area contributed by atoms with E-state index in [-0.39, 0.29) is 0 Å². The number of nitrogens with zero attached hydrogens (tertiary/aromatic N) is 2. The van der Waals surface area contributed by atoms with Gasteiger partial charge in [0.1, 0.15) is 18.0 Å². The van der Waals surface area contributed by atoms with E-state index in [0.717, 1.165) is 16.6 Å². The van der Waals surface area contributed by atoms with E-state index in [2.05, 4.69) is 5.10 Å². The first-order valence-corrected chi connectivity index (χ1v) is 7.39. The maximum atomic E-state index is 11.9. The quantitative estimate of drug-likeness (QED) is 0.692. The van der Waals surface area contributed by atoms with Crippen molar-refractivity contribution in [2.24, 2.45) is 0 Å². The van der Waals surface area contributed by atoms with Gasteiger partial charge in [0.15, 0.2) is 0 Å². The van der Waals surface area contributed by atoms with Crippen molar-refractivity contribution in [1.29, 1.82) is 0 Å². The Balaban J connectivity index is 1.77. The minimum atomic E-state index is -0.444. The molecule has 24 heavy (non-hydrogen) atoms. The minimum Gasteiger partial charge on any atom is -0.465 e. The van der Waals surface area contributed by atoms with Crippen LogP contribution in [0.1, 0.15) is 22.2 Å². The number of esters is 1. The first kappa shape index (κ1) is 14.3. The molecule has 0 spiro atoms. The molecule has 0 bridgehead atoms. The van der Waals surface area contributed by atoms with E-state index in [1.807, 2.05) is 42.6 Å². The molecule has 0 N–H and O–H groups in total. The van der Waals surface area contributed by atoms with Crippen molar-refractivity contribution in [2.45, 2.75) is 6.29 Å². The zero-order valence-corrected chi connectivity index (χ0v) is 12.9. The van der Waals surface area contributed by atoms with Gasteiger partial charge >= 0.3 is 5.97 Å². The summed E-state index contributed by atoms with van der Waals surface area (Å²) in [7, 11) is 1.36. The fourth-order valence-corrected chi connectivity index (χ4v) is 2.66. The molecule has 120 valence electrons. The maximum absolute atomic E-state index is 11.9. The Morgan fingerprint density at radius 2 is 1.96 bits per heavy atom. The first-order chi connectivity index (χ1) is 11.8. The van der Waals surface area contributed by atoms with E-state index in [9.17, 15) is 4.79 Å². The van der Waals surface area contributed by atoms with Gasteiger partial charge in [0.2, 0.25) is 0 Å². The molecule has 3 aromatic rings. The molecule has 6 heteroatoms. The normalized spacial score (nSPS) is 13.7. The molecule has 0 saturated carbocycles. The SMILES string of the molecule is COC(=O)c1cccc2cn(-c3cccc(C4OC=CO4)c3)nc12. The van der Waals surface area contributed by atoms with Crippen molar-refractivity contribution in [3.63, 3.8) is 0 Å². The summed E-state index contributed by atoms with van der Waals surface area (Å²) in [6, 6.07) is 13.1. The van der Waals surface area contributed by atoms with Crippen LogP contribution in [-0.2, 0) is 14.2 Å². The van der Waals surface area contributed by atoms with Crippen molar-refractivity contribution >= 4 is 16.9 Å². The lowest BCUT2D eigenvalue weighted by Crippen LogP contribution is -2.03. The predicted molar refractivity (Wildman–Crippen MR) is 86.5 cm³/mol. The van der Waals surface area contributed by atoms with E-state index in [4.69, 9.17) is 14.2 Å². The Bertz CT molecular complexity index is 937. The molecule has 4 rings (SSSR count). The predicted octanol–water partition coefficient (Wildman–Crippen LogP) is 3.33. The molecule has 0 unspecified atom stereocenters. The van der Waals surface area contributed by atoms with Gasteiger partial charge in [-0.1, -0.05) is 24.3 Å². The lowest BCUT2D eigenvalue weighted by Gasteiger charge is -2.11. The Morgan fingerprint density at radius 3 is 2.75 bits per heavy atom. The monoisotopic (exact) mass is 322 g/mol. The number of ether oxygens (including phenoxy) is 3. The van der Waals surface area contributed by atoms with Crippen molar-refractivity contribution in [2.75, 3.05) is 7.11 Å². The van der Waals surface area contributed by atoms with Crippen molar-refractivity contribution in [3.05, 3.63) is 72.3 Å². The van der Waals surface area contributed by atoms with Crippen LogP contribution in [0.15, 0.2) is 61.2 Å². The Kier molecular flexibility index (Phi) is 3.42. The molecule has 2 heterocycles. The topological polar surface area (TPSA) is 62.6 Å². The van der Waals surface area contributed by atoms with Crippen LogP contribution in [-0.4, -0.2) is 22.9 Å². The average molecular weight is 322 g/mol. The molecule has 1 aromatic heterocycles. The van der Waals surface area contributed by atoms with Crippen LogP contribution in [0, 0.1) is 0 Å². The highest BCUT2D eigenvalue weighted by Crippen LogP contribution is 2.26. The van der Waals surface area contributed by atoms with Gasteiger partial charge < -0.3 is 14.2 Å². The third-order valence-corrected chi connectivity index (χ3v) is 3.81. The smallest absolute Gasteiger partial charge is 0.340 e. The van der Waals surface area contributed by atoms with Gasteiger partial charge in [-0.05, 0) is 18.2 Å². The van der Waals surface area contributed by atoms with Gasteiger partial charge in [-0.3, -0.25) is 0 Å². The van der Waals surface area contributed by atoms with E-state index in [1.165, 1.54) is 19.6 Å². The summed E-state index contributed by atoms with van der Waals surface area (Å²) >= 11 is 0. The molecular formula is C18H14N2O4. The summed E-state index contributed by atoms with van der Waals surface area (Å²) in [5.41, 5.74) is 2.77. The molecule has 0 atom stereocenters. The number of rotatable bonds is 3. The van der Waals surface area contributed by atoms with Crippen molar-refractivity contribution in [3.8, 4) is 5.69 Å². The van der Waals surface area contributed by atoms with Gasteiger partial charge in [0.05, 0.1) is 18.4 Å². The summed E-state index contributed by atoms with van der Waals surface area (Å²) in [5, 5.41) is 5.40. The van der Waals surface area contributed by atoms with Crippen molar-refractivity contribution in [1.82, 2.24) is 9.78 Å². The molecule has 1 aliphatic rings. The summed E-state index contributed by atoms with van der Waals surface area (Å²) in [4.78, 5) is 11.9. The molecule has 6 nitrogen and oxygen atoms in total. The van der Waals surface area contributed by atoms with Crippen LogP contribution >= 0.6 is 0 Å². The zero-order valence-electron chi connectivity index (χ0n) is 12.9. The van der Waals surface area contributed by atoms with Gasteiger partial charge in [-0.25, -0.2) is 9.48 Å². The highest BCUT2D eigenvalue weighted by Gasteiger charge is 2.17. The van der Waals surface area contributed by atoms with Crippen LogP contribution < -0.4 is 0 Å². The van der Waals surface area contributed by atoms with Gasteiger partial charge in [0.25, 0.3) is 6.29 Å². The number of carbonyl (C=O) groups is 1. The van der Waals surface area contributed by atoms with Crippen LogP contribution in [0.2, 0.25) is 0 Å². The highest BCUT2D eigenvalue weighted by atomic mass is 16.7. The molecule has 2 aromatic carbocycles. The summed E-state index contributed by atoms with van der Waals surface area (Å²) < 4.78 is 17.3. The number of hydrogen-bond donors (Lipinski definition) is 0. The van der Waals surface area contributed by atoms with E-state index < -0.39 is 12.3 Å². The standard InChI is InChI=1S/C18H14N2O4/c1-22-17(21)15-7-3-5-13-11-20(19-16(13)15)14-6-2-4-12(10-14)18-23-8-9-24-18/h2-11,18H,1H3. The van der Waals surface area contributed by atoms with E-state index >= 15 is 0 Å². The molecule has 0 saturated heterocycles. The largest absolute Gasteiger partial charge is 0.465 e. The summed E-state index contributed by atoms with van der Waals surface area (Å²) in [6.45, 7) is 0. The van der Waals surface area contributed by atoms with Crippen molar-refractivity contribution < 1.29 is 19.0 Å². The minimum absolute atomic E-state index is 0.404. The van der Waals surface area contributed by atoms with E-state index in [1.54, 1.807) is 10.7 Å². The maximum Gasteiger partial charge on any atom is 0.340 e. The van der Waals surface area contributed by atoms with Gasteiger partial charge in [-0.15, -0.1) is 0 Å². The van der Waals surface area contributed by atoms with E-state index in [0.29, 0.717) is 11.1 Å². The number of benzene rings is 2. The van der Waals surface area contributed by atoms with Crippen LogP contribution in [0.25, 0.3) is 16.6 Å². The number of aromatic nitrogens is 2. The first-order valence-electron chi connectivity index (χ1n) is 7.39. The second-order valence-corrected chi connectivity index (χ2v) is 5.28. The number of carbonyl (C=O) groups excluding carboxylic acids is 1. The summed E-state index contributed by atoms with van der Waals surface area (Å²) in [5.74, 6) is -0.404. The van der Waals surface area contributed by atoms with Gasteiger partial charge in [-0.2, -0.15) is 5.10 Å². The fraction of sp³-hybridized carbons (Fsp3) is 0.111. The molecule has 0 fully saturated rings. The Hall–Kier alpha value is -3.28. The van der Waals surface area contributed by atoms with Crippen LogP contribution in [0.3, 0.4) is 0 Å². The number of methoxy groups -OCH3 is 1. The molecular weight excluding hydrogens is 308 g/mol. The second kappa shape index (κ2) is 5.73. The third-order valence-electron chi connectivity index (χ3n) is 3.81. The Morgan fingerprint density at radius 1 is 1.17 bits per heavy atom. The molecule has 0 aliphatic carbocycles. The number of fused-ring (bicyclic) bond motifs is 1. The molecule has 0 amide bonds. The molecule has 0 radical (unpaired) electrons. The lowest BCUT2D eigenvalue weighted by atomic mass is 10.1. The zero-order chi connectivity index (χ0) is 16.5. The number of hydrogen-bond acceptors (Lipinski definition) is 5. The Labute approximate surface area is 137 Å². The third kappa shape index (κ3) is 2.38.